The maximum Gasteiger partial charge on any atom is 0.256 e. The lowest BCUT2D eigenvalue weighted by molar-refractivity contribution is -0.140. The van der Waals surface area contributed by atoms with Crippen molar-refractivity contribution in [3.05, 3.63) is 64.0 Å². The number of hydrogen-bond acceptors (Lipinski definition) is 3. The van der Waals surface area contributed by atoms with Crippen molar-refractivity contribution < 1.29 is 14.0 Å². The maximum atomic E-state index is 14.6. The molecule has 2 amide bonds. The van der Waals surface area contributed by atoms with Crippen LogP contribution in [0.25, 0.3) is 0 Å². The molecule has 1 aliphatic carbocycles. The minimum atomic E-state index is -0.361. The van der Waals surface area contributed by atoms with Gasteiger partial charge in [-0.25, -0.2) is 4.39 Å². The third-order valence-corrected chi connectivity index (χ3v) is 7.53. The lowest BCUT2D eigenvalue weighted by Crippen LogP contribution is -2.54. The second kappa shape index (κ2) is 10.3. The van der Waals surface area contributed by atoms with Crippen molar-refractivity contribution in [2.75, 3.05) is 25.0 Å². The highest BCUT2D eigenvalue weighted by atomic mass is 19.1. The largest absolute Gasteiger partial charge is 0.337 e. The molecule has 1 heterocycles. The number of nitrogens with one attached hydrogen (secondary N) is 1. The second-order valence-electron chi connectivity index (χ2n) is 10.1. The molecule has 1 saturated carbocycles. The summed E-state index contributed by atoms with van der Waals surface area (Å²) in [6.45, 7) is 10.7. The minimum absolute atomic E-state index is 0.138. The number of carbonyl (C=O) groups is 2. The van der Waals surface area contributed by atoms with E-state index in [9.17, 15) is 14.0 Å². The molecule has 2 aromatic rings. The van der Waals surface area contributed by atoms with E-state index in [0.29, 0.717) is 30.2 Å². The Morgan fingerprint density at radius 2 is 1.74 bits per heavy atom. The van der Waals surface area contributed by atoms with Gasteiger partial charge in [0.15, 0.2) is 0 Å². The molecule has 1 N–H and O–H groups in total. The molecular formula is C28H36FN3O2. The van der Waals surface area contributed by atoms with Crippen LogP contribution in [0.1, 0.15) is 65.2 Å². The van der Waals surface area contributed by atoms with Gasteiger partial charge in [-0.05, 0) is 74.9 Å². The highest BCUT2D eigenvalue weighted by Gasteiger charge is 2.33. The van der Waals surface area contributed by atoms with Gasteiger partial charge in [0.1, 0.15) is 5.82 Å². The van der Waals surface area contributed by atoms with Gasteiger partial charge in [0.25, 0.3) is 5.91 Å². The predicted molar refractivity (Wildman–Crippen MR) is 133 cm³/mol. The Balaban J connectivity index is 1.45. The standard InChI is InChI=1S/C28H36FN3O2/c1-18-8-7-9-19(2)26(18)27(33)30-25-15-24(29)14-23(21(25)4)17-31-12-13-32(20(3)16-31)28(34)22-10-5-6-11-22/h7-9,14-15,20,22H,5-6,10-13,16-17H2,1-4H3,(H,30,33). The van der Waals surface area contributed by atoms with Gasteiger partial charge in [-0.3, -0.25) is 14.5 Å². The molecule has 0 radical (unpaired) electrons. The Hall–Kier alpha value is -2.73. The number of amides is 2. The zero-order valence-corrected chi connectivity index (χ0v) is 20.8. The van der Waals surface area contributed by atoms with Gasteiger partial charge in [0, 0.05) is 49.4 Å². The van der Waals surface area contributed by atoms with Crippen molar-refractivity contribution in [2.45, 2.75) is 66.0 Å². The summed E-state index contributed by atoms with van der Waals surface area (Å²) in [5.74, 6) is -0.0750. The van der Waals surface area contributed by atoms with Gasteiger partial charge < -0.3 is 10.2 Å². The summed E-state index contributed by atoms with van der Waals surface area (Å²) in [5, 5.41) is 2.94. The number of nitrogens with zero attached hydrogens (tertiary/aromatic N) is 2. The summed E-state index contributed by atoms with van der Waals surface area (Å²) in [5.41, 5.74) is 4.66. The summed E-state index contributed by atoms with van der Waals surface area (Å²) in [4.78, 5) is 30.2. The number of rotatable bonds is 5. The first kappa shape index (κ1) is 24.4. The molecular weight excluding hydrogens is 429 g/mol. The van der Waals surface area contributed by atoms with Crippen molar-refractivity contribution in [2.24, 2.45) is 5.92 Å². The van der Waals surface area contributed by atoms with Crippen LogP contribution in [-0.4, -0.2) is 47.3 Å². The average molecular weight is 466 g/mol. The van der Waals surface area contributed by atoms with Crippen molar-refractivity contribution >= 4 is 17.5 Å². The molecule has 0 spiro atoms. The van der Waals surface area contributed by atoms with Crippen LogP contribution in [0, 0.1) is 32.5 Å². The minimum Gasteiger partial charge on any atom is -0.337 e. The fraction of sp³-hybridized carbons (Fsp3) is 0.500. The first-order valence-electron chi connectivity index (χ1n) is 12.4. The number of anilines is 1. The van der Waals surface area contributed by atoms with Crippen LogP contribution in [0.5, 0.6) is 0 Å². The highest BCUT2D eigenvalue weighted by molar-refractivity contribution is 6.06. The van der Waals surface area contributed by atoms with Crippen LogP contribution >= 0.6 is 0 Å². The molecule has 1 saturated heterocycles. The third kappa shape index (κ3) is 5.17. The van der Waals surface area contributed by atoms with Gasteiger partial charge in [-0.1, -0.05) is 31.0 Å². The quantitative estimate of drug-likeness (QED) is 0.658. The Kier molecular flexibility index (Phi) is 7.36. The van der Waals surface area contributed by atoms with Crippen LogP contribution in [0.15, 0.2) is 30.3 Å². The normalized spacial score (nSPS) is 19.4. The summed E-state index contributed by atoms with van der Waals surface area (Å²) in [6, 6.07) is 8.83. The highest BCUT2D eigenvalue weighted by Crippen LogP contribution is 2.29. The van der Waals surface area contributed by atoms with E-state index >= 15 is 0 Å². The Labute approximate surface area is 202 Å². The van der Waals surface area contributed by atoms with E-state index in [2.05, 4.69) is 17.1 Å². The van der Waals surface area contributed by atoms with E-state index in [4.69, 9.17) is 0 Å². The zero-order valence-electron chi connectivity index (χ0n) is 20.8. The zero-order chi connectivity index (χ0) is 24.4. The molecule has 4 rings (SSSR count). The Morgan fingerprint density at radius 3 is 2.38 bits per heavy atom. The molecule has 182 valence electrons. The monoisotopic (exact) mass is 465 g/mol. The van der Waals surface area contributed by atoms with Gasteiger partial charge in [0.2, 0.25) is 5.91 Å². The van der Waals surface area contributed by atoms with Crippen molar-refractivity contribution in [1.82, 2.24) is 9.80 Å². The van der Waals surface area contributed by atoms with Crippen LogP contribution in [-0.2, 0) is 11.3 Å². The maximum absolute atomic E-state index is 14.6. The fourth-order valence-corrected chi connectivity index (χ4v) is 5.54. The summed E-state index contributed by atoms with van der Waals surface area (Å²) in [7, 11) is 0. The van der Waals surface area contributed by atoms with Crippen molar-refractivity contribution in [3.63, 3.8) is 0 Å². The molecule has 2 aliphatic rings. The molecule has 1 aliphatic heterocycles. The van der Waals surface area contributed by atoms with E-state index in [0.717, 1.165) is 61.0 Å². The number of halogens is 1. The Morgan fingerprint density at radius 1 is 1.06 bits per heavy atom. The van der Waals surface area contributed by atoms with E-state index in [1.165, 1.54) is 6.07 Å². The molecule has 0 aromatic heterocycles. The first-order valence-corrected chi connectivity index (χ1v) is 12.4. The molecule has 2 aromatic carbocycles. The van der Waals surface area contributed by atoms with E-state index in [1.54, 1.807) is 6.07 Å². The van der Waals surface area contributed by atoms with Crippen molar-refractivity contribution in [3.8, 4) is 0 Å². The van der Waals surface area contributed by atoms with Gasteiger partial charge in [0.05, 0.1) is 0 Å². The molecule has 0 bridgehead atoms. The average Bonchev–Trinajstić information content (AvgIpc) is 3.31. The SMILES string of the molecule is Cc1cccc(C)c1C(=O)Nc1cc(F)cc(CN2CCN(C(=O)C3CCCC3)C(C)C2)c1C. The van der Waals surface area contributed by atoms with E-state index in [1.807, 2.05) is 43.9 Å². The molecule has 34 heavy (non-hydrogen) atoms. The predicted octanol–water partition coefficient (Wildman–Crippen LogP) is 5.23. The third-order valence-electron chi connectivity index (χ3n) is 7.53. The Bertz CT molecular complexity index is 1060. The van der Waals surface area contributed by atoms with Crippen LogP contribution < -0.4 is 5.32 Å². The number of hydrogen-bond donors (Lipinski definition) is 1. The number of carbonyl (C=O) groups excluding carboxylic acids is 2. The lowest BCUT2D eigenvalue weighted by Gasteiger charge is -2.41. The molecule has 6 heteroatoms. The van der Waals surface area contributed by atoms with Crippen molar-refractivity contribution in [1.29, 1.82) is 0 Å². The van der Waals surface area contributed by atoms with Crippen LogP contribution in [0.3, 0.4) is 0 Å². The molecule has 2 fully saturated rings. The summed E-state index contributed by atoms with van der Waals surface area (Å²) in [6.07, 6.45) is 4.35. The van der Waals surface area contributed by atoms with Gasteiger partial charge >= 0.3 is 0 Å². The molecule has 5 nitrogen and oxygen atoms in total. The van der Waals surface area contributed by atoms with Crippen LogP contribution in [0.2, 0.25) is 0 Å². The van der Waals surface area contributed by atoms with Gasteiger partial charge in [-0.2, -0.15) is 0 Å². The molecule has 1 atom stereocenters. The first-order chi connectivity index (χ1) is 16.2. The van der Waals surface area contributed by atoms with E-state index < -0.39 is 0 Å². The number of benzene rings is 2. The lowest BCUT2D eigenvalue weighted by atomic mass is 10.0. The number of piperazine rings is 1. The molecule has 1 unspecified atom stereocenters. The smallest absolute Gasteiger partial charge is 0.256 e. The topological polar surface area (TPSA) is 52.7 Å². The summed E-state index contributed by atoms with van der Waals surface area (Å²) < 4.78 is 14.6. The fourth-order valence-electron chi connectivity index (χ4n) is 5.54. The second-order valence-corrected chi connectivity index (χ2v) is 10.1. The van der Waals surface area contributed by atoms with Gasteiger partial charge in [-0.15, -0.1) is 0 Å². The number of aryl methyl sites for hydroxylation is 2. The van der Waals surface area contributed by atoms with Crippen LogP contribution in [0.4, 0.5) is 10.1 Å². The van der Waals surface area contributed by atoms with E-state index in [-0.39, 0.29) is 23.7 Å². The summed E-state index contributed by atoms with van der Waals surface area (Å²) >= 11 is 0.